The molecule has 8 heteroatoms. The van der Waals surface area contributed by atoms with E-state index in [4.69, 9.17) is 0 Å². The van der Waals surface area contributed by atoms with Crippen molar-refractivity contribution in [1.82, 2.24) is 10.2 Å². The first-order valence-corrected chi connectivity index (χ1v) is 10.8. The largest absolute Gasteiger partial charge is 0.351 e. The van der Waals surface area contributed by atoms with Gasteiger partial charge in [0.05, 0.1) is 4.90 Å². The second-order valence-electron chi connectivity index (χ2n) is 6.69. The van der Waals surface area contributed by atoms with E-state index in [0.29, 0.717) is 30.8 Å². The number of benzene rings is 2. The number of anilines is 1. The van der Waals surface area contributed by atoms with Crippen molar-refractivity contribution in [3.8, 4) is 0 Å². The lowest BCUT2D eigenvalue weighted by atomic mass is 10.1. The molecule has 2 aromatic carbocycles. The molecule has 2 amide bonds. The third-order valence-electron chi connectivity index (χ3n) is 4.67. The minimum absolute atomic E-state index is 0.158. The highest BCUT2D eigenvalue weighted by molar-refractivity contribution is 7.92. The van der Waals surface area contributed by atoms with E-state index in [2.05, 4.69) is 16.6 Å². The van der Waals surface area contributed by atoms with Gasteiger partial charge in [-0.15, -0.1) is 6.58 Å². The Morgan fingerprint density at radius 2 is 1.79 bits per heavy atom. The van der Waals surface area contributed by atoms with Crippen LogP contribution in [0.3, 0.4) is 0 Å². The molecule has 0 aliphatic carbocycles. The van der Waals surface area contributed by atoms with Gasteiger partial charge in [-0.2, -0.15) is 0 Å². The van der Waals surface area contributed by atoms with E-state index >= 15 is 0 Å². The van der Waals surface area contributed by atoms with Crippen LogP contribution in [0.25, 0.3) is 0 Å². The molecule has 1 unspecified atom stereocenters. The van der Waals surface area contributed by atoms with Gasteiger partial charge >= 0.3 is 0 Å². The Labute approximate surface area is 170 Å². The van der Waals surface area contributed by atoms with Gasteiger partial charge < -0.3 is 10.2 Å². The van der Waals surface area contributed by atoms with E-state index in [0.717, 1.165) is 6.42 Å². The second kappa shape index (κ2) is 8.91. The van der Waals surface area contributed by atoms with Gasteiger partial charge in [-0.3, -0.25) is 14.3 Å². The van der Waals surface area contributed by atoms with Crippen molar-refractivity contribution in [2.24, 2.45) is 0 Å². The molecule has 1 fully saturated rings. The van der Waals surface area contributed by atoms with E-state index < -0.39 is 16.1 Å². The fourth-order valence-electron chi connectivity index (χ4n) is 3.23. The summed E-state index contributed by atoms with van der Waals surface area (Å²) in [5, 5.41) is 2.73. The van der Waals surface area contributed by atoms with Crippen LogP contribution in [0.1, 0.15) is 23.2 Å². The fraction of sp³-hybridized carbons (Fsp3) is 0.238. The molecule has 0 radical (unpaired) electrons. The molecule has 0 bridgehead atoms. The Bertz CT molecular complexity index is 988. The van der Waals surface area contributed by atoms with Crippen molar-refractivity contribution >= 4 is 27.5 Å². The molecule has 152 valence electrons. The number of nitrogens with zero attached hydrogens (tertiary/aromatic N) is 1. The maximum atomic E-state index is 12.8. The zero-order chi connectivity index (χ0) is 20.9. The van der Waals surface area contributed by atoms with Crippen molar-refractivity contribution in [1.29, 1.82) is 0 Å². The zero-order valence-electron chi connectivity index (χ0n) is 15.9. The van der Waals surface area contributed by atoms with Crippen LogP contribution in [0.5, 0.6) is 0 Å². The zero-order valence-corrected chi connectivity index (χ0v) is 16.7. The van der Waals surface area contributed by atoms with E-state index in [9.17, 15) is 18.0 Å². The van der Waals surface area contributed by atoms with E-state index in [1.807, 2.05) is 0 Å². The van der Waals surface area contributed by atoms with Crippen LogP contribution in [0, 0.1) is 0 Å². The standard InChI is InChI=1S/C21H23N3O4S/c1-2-14-22-20(25)19-9-6-15-24(19)21(26)16-10-12-17(13-11-16)23-29(27,28)18-7-4-3-5-8-18/h2-5,7-8,10-13,19,23H,1,6,9,14-15H2,(H,22,25). The summed E-state index contributed by atoms with van der Waals surface area (Å²) in [6, 6.07) is 13.7. The van der Waals surface area contributed by atoms with Crippen molar-refractivity contribution in [2.75, 3.05) is 17.8 Å². The van der Waals surface area contributed by atoms with Crippen LogP contribution in [-0.4, -0.2) is 44.3 Å². The number of sulfonamides is 1. The van der Waals surface area contributed by atoms with Gasteiger partial charge in [0.1, 0.15) is 6.04 Å². The maximum Gasteiger partial charge on any atom is 0.261 e. The molecule has 7 nitrogen and oxygen atoms in total. The van der Waals surface area contributed by atoms with Crippen molar-refractivity contribution in [2.45, 2.75) is 23.8 Å². The number of hydrogen-bond donors (Lipinski definition) is 2. The van der Waals surface area contributed by atoms with Gasteiger partial charge in [-0.05, 0) is 49.2 Å². The average Bonchev–Trinajstić information content (AvgIpc) is 3.22. The number of hydrogen-bond acceptors (Lipinski definition) is 4. The molecular weight excluding hydrogens is 390 g/mol. The number of amides is 2. The fourth-order valence-corrected chi connectivity index (χ4v) is 4.31. The molecule has 2 aromatic rings. The maximum absolute atomic E-state index is 12.8. The summed E-state index contributed by atoms with van der Waals surface area (Å²) in [4.78, 5) is 26.8. The smallest absolute Gasteiger partial charge is 0.261 e. The van der Waals surface area contributed by atoms with Crippen LogP contribution in [0.2, 0.25) is 0 Å². The van der Waals surface area contributed by atoms with Crippen molar-refractivity contribution < 1.29 is 18.0 Å². The predicted molar refractivity (Wildman–Crippen MR) is 111 cm³/mol. The minimum Gasteiger partial charge on any atom is -0.351 e. The summed E-state index contributed by atoms with van der Waals surface area (Å²) in [5.74, 6) is -0.443. The topological polar surface area (TPSA) is 95.6 Å². The van der Waals surface area contributed by atoms with Crippen LogP contribution in [0.15, 0.2) is 72.1 Å². The first-order chi connectivity index (χ1) is 13.9. The average molecular weight is 413 g/mol. The lowest BCUT2D eigenvalue weighted by Gasteiger charge is -2.24. The quantitative estimate of drug-likeness (QED) is 0.682. The molecule has 3 rings (SSSR count). The summed E-state index contributed by atoms with van der Waals surface area (Å²) in [5.41, 5.74) is 0.753. The molecule has 1 saturated heterocycles. The van der Waals surface area contributed by atoms with Gasteiger partial charge in [0.15, 0.2) is 0 Å². The molecule has 2 N–H and O–H groups in total. The summed E-state index contributed by atoms with van der Waals surface area (Å²) in [7, 11) is -3.70. The first kappa shape index (κ1) is 20.6. The minimum atomic E-state index is -3.70. The third-order valence-corrected chi connectivity index (χ3v) is 6.07. The van der Waals surface area contributed by atoms with Crippen molar-refractivity contribution in [3.05, 3.63) is 72.8 Å². The number of carbonyl (C=O) groups excluding carboxylic acids is 2. The van der Waals surface area contributed by atoms with Gasteiger partial charge in [0.2, 0.25) is 5.91 Å². The molecule has 1 heterocycles. The number of likely N-dealkylation sites (tertiary alicyclic amines) is 1. The van der Waals surface area contributed by atoms with Crippen LogP contribution in [0.4, 0.5) is 5.69 Å². The van der Waals surface area contributed by atoms with E-state index in [1.165, 1.54) is 24.3 Å². The van der Waals surface area contributed by atoms with Gasteiger partial charge in [-0.25, -0.2) is 8.42 Å². The number of rotatable bonds is 7. The molecule has 0 spiro atoms. The summed E-state index contributed by atoms with van der Waals surface area (Å²) < 4.78 is 27.3. The van der Waals surface area contributed by atoms with Gasteiger partial charge in [0.25, 0.3) is 15.9 Å². The van der Waals surface area contributed by atoms with Crippen LogP contribution < -0.4 is 10.0 Å². The molecule has 0 aromatic heterocycles. The summed E-state index contributed by atoms with van der Waals surface area (Å²) in [6.07, 6.45) is 2.96. The highest BCUT2D eigenvalue weighted by Crippen LogP contribution is 2.22. The van der Waals surface area contributed by atoms with E-state index in [-0.39, 0.29) is 16.7 Å². The Morgan fingerprint density at radius 1 is 1.10 bits per heavy atom. The first-order valence-electron chi connectivity index (χ1n) is 9.30. The normalized spacial score (nSPS) is 16.3. The Hall–Kier alpha value is -3.13. The summed E-state index contributed by atoms with van der Waals surface area (Å²) in [6.45, 7) is 4.43. The molecule has 29 heavy (non-hydrogen) atoms. The van der Waals surface area contributed by atoms with Crippen molar-refractivity contribution in [3.63, 3.8) is 0 Å². The summed E-state index contributed by atoms with van der Waals surface area (Å²) >= 11 is 0. The second-order valence-corrected chi connectivity index (χ2v) is 8.37. The van der Waals surface area contributed by atoms with Crippen LogP contribution >= 0.6 is 0 Å². The van der Waals surface area contributed by atoms with Crippen LogP contribution in [-0.2, 0) is 14.8 Å². The Morgan fingerprint density at radius 3 is 2.45 bits per heavy atom. The van der Waals surface area contributed by atoms with Gasteiger partial charge in [-0.1, -0.05) is 24.3 Å². The highest BCUT2D eigenvalue weighted by Gasteiger charge is 2.34. The predicted octanol–water partition coefficient (Wildman–Crippen LogP) is 2.39. The Kier molecular flexibility index (Phi) is 6.33. The van der Waals surface area contributed by atoms with E-state index in [1.54, 1.807) is 41.3 Å². The molecule has 1 aliphatic heterocycles. The highest BCUT2D eigenvalue weighted by atomic mass is 32.2. The molecule has 1 atom stereocenters. The SMILES string of the molecule is C=CCNC(=O)C1CCCN1C(=O)c1ccc(NS(=O)(=O)c2ccccc2)cc1. The lowest BCUT2D eigenvalue weighted by Crippen LogP contribution is -2.46. The van der Waals surface area contributed by atoms with Gasteiger partial charge in [0, 0.05) is 24.3 Å². The third kappa shape index (κ3) is 4.83. The molecule has 1 aliphatic rings. The Balaban J connectivity index is 1.70. The number of nitrogens with one attached hydrogen (secondary N) is 2. The molecular formula is C21H23N3O4S. The molecule has 0 saturated carbocycles. The lowest BCUT2D eigenvalue weighted by molar-refractivity contribution is -0.124. The monoisotopic (exact) mass is 413 g/mol. The number of carbonyl (C=O) groups is 2.